The molecule has 1 N–H and O–H groups in total. The van der Waals surface area contributed by atoms with Gasteiger partial charge in [-0.25, -0.2) is 4.98 Å². The third-order valence-electron chi connectivity index (χ3n) is 2.65. The summed E-state index contributed by atoms with van der Waals surface area (Å²) < 4.78 is 38.8. The molecule has 4 nitrogen and oxygen atoms in total. The highest BCUT2D eigenvalue weighted by Gasteiger charge is 2.34. The fraction of sp³-hybridized carbons (Fsp3) is 0.250. The molecule has 0 radical (unpaired) electrons. The molecule has 0 unspecified atom stereocenters. The molecule has 7 heteroatoms. The molecule has 0 saturated carbocycles. The van der Waals surface area contributed by atoms with Crippen LogP contribution in [0.3, 0.4) is 0 Å². The average molecular weight is 269 g/mol. The number of hydrogen-bond donors (Lipinski definition) is 1. The molecule has 2 heterocycles. The minimum atomic E-state index is -4.52. The molecule has 0 atom stereocenters. The summed E-state index contributed by atoms with van der Waals surface area (Å²) in [6.45, 7) is 2.93. The molecular weight excluding hydrogens is 259 g/mol. The maximum Gasteiger partial charge on any atom is 0.417 e. The first kappa shape index (κ1) is 13.3. The van der Waals surface area contributed by atoms with Crippen molar-refractivity contribution in [2.24, 2.45) is 0 Å². The Morgan fingerprint density at radius 3 is 2.58 bits per heavy atom. The summed E-state index contributed by atoms with van der Waals surface area (Å²) in [5, 5.41) is 0. The number of aromatic amines is 1. The zero-order valence-electron chi connectivity index (χ0n) is 10.2. The number of rotatable bonds is 1. The van der Waals surface area contributed by atoms with E-state index in [9.17, 15) is 18.0 Å². The summed E-state index contributed by atoms with van der Waals surface area (Å²) in [6, 6.07) is 0.868. The van der Waals surface area contributed by atoms with Gasteiger partial charge in [0.15, 0.2) is 0 Å². The van der Waals surface area contributed by atoms with Gasteiger partial charge < -0.3 is 4.98 Å². The van der Waals surface area contributed by atoms with E-state index in [0.29, 0.717) is 0 Å². The third kappa shape index (κ3) is 2.49. The van der Waals surface area contributed by atoms with E-state index in [-0.39, 0.29) is 22.6 Å². The molecule has 2 aromatic rings. The highest BCUT2D eigenvalue weighted by Crippen LogP contribution is 2.36. The Morgan fingerprint density at radius 1 is 1.26 bits per heavy atom. The summed E-state index contributed by atoms with van der Waals surface area (Å²) in [7, 11) is 0. The highest BCUT2D eigenvalue weighted by atomic mass is 19.4. The minimum absolute atomic E-state index is 0.00155. The third-order valence-corrected chi connectivity index (χ3v) is 2.65. The van der Waals surface area contributed by atoms with Crippen LogP contribution in [0.15, 0.2) is 23.3 Å². The van der Waals surface area contributed by atoms with Crippen molar-refractivity contribution in [1.82, 2.24) is 15.0 Å². The van der Waals surface area contributed by atoms with Crippen molar-refractivity contribution in [3.05, 3.63) is 45.8 Å². The average Bonchev–Trinajstić information content (AvgIpc) is 2.33. The SMILES string of the molecule is Cc1nc(-c2cnccc2C(F)(F)F)c(C)c(=O)[nH]1. The van der Waals surface area contributed by atoms with Crippen LogP contribution in [0.25, 0.3) is 11.3 Å². The van der Waals surface area contributed by atoms with Crippen LogP contribution in [0.4, 0.5) is 13.2 Å². The molecule has 0 bridgehead atoms. The number of hydrogen-bond acceptors (Lipinski definition) is 3. The minimum Gasteiger partial charge on any atom is -0.311 e. The Balaban J connectivity index is 2.77. The molecule has 100 valence electrons. The van der Waals surface area contributed by atoms with Gasteiger partial charge in [-0.2, -0.15) is 13.2 Å². The van der Waals surface area contributed by atoms with Gasteiger partial charge in [-0.05, 0) is 19.9 Å². The first-order valence-corrected chi connectivity index (χ1v) is 5.40. The van der Waals surface area contributed by atoms with Crippen molar-refractivity contribution in [3.8, 4) is 11.3 Å². The van der Waals surface area contributed by atoms with Crippen molar-refractivity contribution in [1.29, 1.82) is 0 Å². The van der Waals surface area contributed by atoms with Crippen molar-refractivity contribution >= 4 is 0 Å². The molecule has 0 aromatic carbocycles. The van der Waals surface area contributed by atoms with Gasteiger partial charge in [0, 0.05) is 23.5 Å². The predicted molar refractivity (Wildman–Crippen MR) is 62.6 cm³/mol. The van der Waals surface area contributed by atoms with Crippen LogP contribution >= 0.6 is 0 Å². The lowest BCUT2D eigenvalue weighted by molar-refractivity contribution is -0.137. The summed E-state index contributed by atoms with van der Waals surface area (Å²) in [5.41, 5.74) is -1.38. The summed E-state index contributed by atoms with van der Waals surface area (Å²) >= 11 is 0. The van der Waals surface area contributed by atoms with E-state index in [1.54, 1.807) is 0 Å². The molecular formula is C12H10F3N3O. The van der Waals surface area contributed by atoms with Gasteiger partial charge in [-0.3, -0.25) is 9.78 Å². The van der Waals surface area contributed by atoms with E-state index in [1.807, 2.05) is 0 Å². The van der Waals surface area contributed by atoms with Crippen LogP contribution in [-0.2, 0) is 6.18 Å². The van der Waals surface area contributed by atoms with Gasteiger partial charge in [-0.15, -0.1) is 0 Å². The van der Waals surface area contributed by atoms with Crippen LogP contribution < -0.4 is 5.56 Å². The van der Waals surface area contributed by atoms with Gasteiger partial charge in [0.2, 0.25) is 0 Å². The maximum absolute atomic E-state index is 12.9. The number of aryl methyl sites for hydroxylation is 1. The van der Waals surface area contributed by atoms with Crippen LogP contribution in [0, 0.1) is 13.8 Å². The topological polar surface area (TPSA) is 58.6 Å². The number of nitrogens with one attached hydrogen (secondary N) is 1. The van der Waals surface area contributed by atoms with Crippen LogP contribution in [0.2, 0.25) is 0 Å². The van der Waals surface area contributed by atoms with Crippen molar-refractivity contribution < 1.29 is 13.2 Å². The predicted octanol–water partition coefficient (Wildman–Crippen LogP) is 2.47. The largest absolute Gasteiger partial charge is 0.417 e. The number of nitrogens with zero attached hydrogens (tertiary/aromatic N) is 2. The zero-order valence-corrected chi connectivity index (χ0v) is 10.2. The van der Waals surface area contributed by atoms with E-state index in [0.717, 1.165) is 18.5 Å². The van der Waals surface area contributed by atoms with E-state index >= 15 is 0 Å². The lowest BCUT2D eigenvalue weighted by Gasteiger charge is -2.13. The number of alkyl halides is 3. The van der Waals surface area contributed by atoms with Crippen LogP contribution in [0.5, 0.6) is 0 Å². The van der Waals surface area contributed by atoms with Gasteiger partial charge in [0.25, 0.3) is 5.56 Å². The van der Waals surface area contributed by atoms with Gasteiger partial charge >= 0.3 is 6.18 Å². The highest BCUT2D eigenvalue weighted by molar-refractivity contribution is 5.66. The number of H-pyrrole nitrogens is 1. The normalized spacial score (nSPS) is 11.6. The first-order chi connectivity index (χ1) is 8.80. The number of aromatic nitrogens is 3. The molecule has 0 spiro atoms. The first-order valence-electron chi connectivity index (χ1n) is 5.40. The monoisotopic (exact) mass is 269 g/mol. The lowest BCUT2D eigenvalue weighted by atomic mass is 10.0. The van der Waals surface area contributed by atoms with Gasteiger partial charge in [0.1, 0.15) is 5.82 Å². The summed E-state index contributed by atoms with van der Waals surface area (Å²) in [4.78, 5) is 21.7. The Hall–Kier alpha value is -2.18. The second-order valence-electron chi connectivity index (χ2n) is 4.04. The summed E-state index contributed by atoms with van der Waals surface area (Å²) in [5.74, 6) is 0.252. The lowest BCUT2D eigenvalue weighted by Crippen LogP contribution is -2.16. The Kier molecular flexibility index (Phi) is 3.13. The maximum atomic E-state index is 12.9. The second-order valence-corrected chi connectivity index (χ2v) is 4.04. The van der Waals surface area contributed by atoms with Crippen LogP contribution in [0.1, 0.15) is 17.0 Å². The molecule has 2 rings (SSSR count). The smallest absolute Gasteiger partial charge is 0.311 e. The van der Waals surface area contributed by atoms with Crippen LogP contribution in [-0.4, -0.2) is 15.0 Å². The molecule has 0 aliphatic heterocycles. The standard InChI is InChI=1S/C12H10F3N3O/c1-6-10(17-7(2)18-11(6)19)8-5-16-4-3-9(8)12(13,14)15/h3-5H,1-2H3,(H,17,18,19). The molecule has 2 aromatic heterocycles. The van der Waals surface area contributed by atoms with E-state index in [4.69, 9.17) is 0 Å². The molecule has 0 fully saturated rings. The van der Waals surface area contributed by atoms with E-state index in [1.165, 1.54) is 13.8 Å². The second kappa shape index (κ2) is 4.49. The fourth-order valence-electron chi connectivity index (χ4n) is 1.74. The number of pyridine rings is 1. The molecule has 0 amide bonds. The molecule has 0 aliphatic rings. The van der Waals surface area contributed by atoms with E-state index in [2.05, 4.69) is 15.0 Å². The Labute approximate surface area is 106 Å². The van der Waals surface area contributed by atoms with Crippen molar-refractivity contribution in [2.45, 2.75) is 20.0 Å². The summed E-state index contributed by atoms with van der Waals surface area (Å²) in [6.07, 6.45) is -2.40. The fourth-order valence-corrected chi connectivity index (χ4v) is 1.74. The number of halogens is 3. The Bertz CT molecular complexity index is 677. The van der Waals surface area contributed by atoms with E-state index < -0.39 is 17.3 Å². The quantitative estimate of drug-likeness (QED) is 0.865. The van der Waals surface area contributed by atoms with Gasteiger partial charge in [-0.1, -0.05) is 0 Å². The molecule has 0 aliphatic carbocycles. The van der Waals surface area contributed by atoms with Crippen molar-refractivity contribution in [2.75, 3.05) is 0 Å². The molecule has 19 heavy (non-hydrogen) atoms. The van der Waals surface area contributed by atoms with Crippen molar-refractivity contribution in [3.63, 3.8) is 0 Å². The zero-order chi connectivity index (χ0) is 14.2. The van der Waals surface area contributed by atoms with Gasteiger partial charge in [0.05, 0.1) is 11.3 Å². The Morgan fingerprint density at radius 2 is 1.95 bits per heavy atom. The molecule has 0 saturated heterocycles.